The molecule has 2 unspecified atom stereocenters. The molecule has 90 valence electrons. The van der Waals surface area contributed by atoms with Gasteiger partial charge < -0.3 is 5.32 Å². The van der Waals surface area contributed by atoms with Gasteiger partial charge in [0.2, 0.25) is 0 Å². The molecular weight excluding hydrogens is 225 g/mol. The van der Waals surface area contributed by atoms with Crippen LogP contribution in [-0.2, 0) is 0 Å². The SMILES string of the molecule is CCNC(CC)C(C)c1ccc(F)cc1Cl. The molecule has 0 fully saturated rings. The van der Waals surface area contributed by atoms with Gasteiger partial charge in [0.15, 0.2) is 0 Å². The smallest absolute Gasteiger partial charge is 0.124 e. The number of halogens is 2. The Morgan fingerprint density at radius 2 is 2.06 bits per heavy atom. The lowest BCUT2D eigenvalue weighted by Crippen LogP contribution is -2.33. The molecule has 0 aliphatic heterocycles. The van der Waals surface area contributed by atoms with Crippen molar-refractivity contribution in [3.63, 3.8) is 0 Å². The van der Waals surface area contributed by atoms with Crippen molar-refractivity contribution in [3.8, 4) is 0 Å². The van der Waals surface area contributed by atoms with Crippen LogP contribution < -0.4 is 5.32 Å². The number of benzene rings is 1. The standard InChI is InChI=1S/C13H19ClFN/c1-4-13(16-5-2)9(3)11-7-6-10(15)8-12(11)14/h6-9,13,16H,4-5H2,1-3H3. The lowest BCUT2D eigenvalue weighted by molar-refractivity contribution is 0.448. The van der Waals surface area contributed by atoms with E-state index in [1.54, 1.807) is 6.07 Å². The lowest BCUT2D eigenvalue weighted by atomic mass is 9.91. The van der Waals surface area contributed by atoms with Gasteiger partial charge in [0.1, 0.15) is 5.82 Å². The lowest BCUT2D eigenvalue weighted by Gasteiger charge is -2.24. The minimum absolute atomic E-state index is 0.280. The van der Waals surface area contributed by atoms with Crippen molar-refractivity contribution in [2.75, 3.05) is 6.54 Å². The van der Waals surface area contributed by atoms with Crippen LogP contribution >= 0.6 is 11.6 Å². The zero-order valence-electron chi connectivity index (χ0n) is 10.1. The van der Waals surface area contributed by atoms with Crippen molar-refractivity contribution in [2.45, 2.75) is 39.2 Å². The molecule has 0 radical (unpaired) electrons. The minimum Gasteiger partial charge on any atom is -0.314 e. The molecule has 1 nitrogen and oxygen atoms in total. The maximum Gasteiger partial charge on any atom is 0.124 e. The molecule has 0 saturated carbocycles. The highest BCUT2D eigenvalue weighted by Crippen LogP contribution is 2.28. The summed E-state index contributed by atoms with van der Waals surface area (Å²) in [7, 11) is 0. The summed E-state index contributed by atoms with van der Waals surface area (Å²) in [5.41, 5.74) is 1.01. The highest BCUT2D eigenvalue weighted by molar-refractivity contribution is 6.31. The van der Waals surface area contributed by atoms with Crippen LogP contribution in [0.4, 0.5) is 4.39 Å². The van der Waals surface area contributed by atoms with Gasteiger partial charge in [-0.15, -0.1) is 0 Å². The van der Waals surface area contributed by atoms with Crippen LogP contribution in [0.15, 0.2) is 18.2 Å². The molecule has 2 atom stereocenters. The van der Waals surface area contributed by atoms with Gasteiger partial charge in [0.05, 0.1) is 0 Å². The number of likely N-dealkylation sites (N-methyl/N-ethyl adjacent to an activating group) is 1. The summed E-state index contributed by atoms with van der Waals surface area (Å²) in [6.07, 6.45) is 1.03. The fourth-order valence-corrected chi connectivity index (χ4v) is 2.36. The van der Waals surface area contributed by atoms with Gasteiger partial charge in [-0.25, -0.2) is 4.39 Å². The summed E-state index contributed by atoms with van der Waals surface area (Å²) in [5, 5.41) is 3.94. The monoisotopic (exact) mass is 243 g/mol. The Labute approximate surface area is 102 Å². The van der Waals surface area contributed by atoms with Crippen molar-refractivity contribution in [2.24, 2.45) is 0 Å². The Morgan fingerprint density at radius 1 is 1.38 bits per heavy atom. The molecule has 0 heterocycles. The van der Waals surface area contributed by atoms with Gasteiger partial charge in [0, 0.05) is 11.1 Å². The van der Waals surface area contributed by atoms with E-state index in [-0.39, 0.29) is 11.7 Å². The first-order valence-electron chi connectivity index (χ1n) is 5.78. The molecule has 1 N–H and O–H groups in total. The van der Waals surface area contributed by atoms with Gasteiger partial charge in [-0.05, 0) is 36.6 Å². The molecular formula is C13H19ClFN. The fourth-order valence-electron chi connectivity index (χ4n) is 2.02. The van der Waals surface area contributed by atoms with Crippen LogP contribution in [0.5, 0.6) is 0 Å². The van der Waals surface area contributed by atoms with E-state index in [4.69, 9.17) is 11.6 Å². The molecule has 3 heteroatoms. The average molecular weight is 244 g/mol. The largest absolute Gasteiger partial charge is 0.314 e. The van der Waals surface area contributed by atoms with E-state index in [2.05, 4.69) is 26.1 Å². The normalized spacial score (nSPS) is 14.8. The van der Waals surface area contributed by atoms with E-state index >= 15 is 0 Å². The second-order valence-corrected chi connectivity index (χ2v) is 4.43. The minimum atomic E-state index is -0.280. The van der Waals surface area contributed by atoms with Crippen molar-refractivity contribution in [1.29, 1.82) is 0 Å². The van der Waals surface area contributed by atoms with E-state index < -0.39 is 0 Å². The Kier molecular flexibility index (Phi) is 5.23. The zero-order chi connectivity index (χ0) is 12.1. The molecule has 0 aliphatic rings. The molecule has 1 aromatic carbocycles. The summed E-state index contributed by atoms with van der Waals surface area (Å²) in [5.74, 6) is 0.00972. The first-order valence-corrected chi connectivity index (χ1v) is 6.16. The van der Waals surface area contributed by atoms with Crippen molar-refractivity contribution >= 4 is 11.6 Å². The summed E-state index contributed by atoms with van der Waals surface area (Å²) in [6.45, 7) is 7.28. The average Bonchev–Trinajstić information content (AvgIpc) is 2.25. The van der Waals surface area contributed by atoms with E-state index in [0.29, 0.717) is 11.1 Å². The Bertz CT molecular complexity index is 341. The van der Waals surface area contributed by atoms with Crippen molar-refractivity contribution in [3.05, 3.63) is 34.6 Å². The van der Waals surface area contributed by atoms with E-state index in [9.17, 15) is 4.39 Å². The third-order valence-corrected chi connectivity index (χ3v) is 3.29. The maximum absolute atomic E-state index is 12.9. The highest BCUT2D eigenvalue weighted by atomic mass is 35.5. The molecule has 0 aromatic heterocycles. The van der Waals surface area contributed by atoms with Crippen LogP contribution in [0.3, 0.4) is 0 Å². The predicted octanol–water partition coefficient (Wildman–Crippen LogP) is 3.97. The van der Waals surface area contributed by atoms with E-state index in [1.807, 2.05) is 0 Å². The molecule has 0 aliphatic carbocycles. The van der Waals surface area contributed by atoms with E-state index in [0.717, 1.165) is 18.5 Å². The van der Waals surface area contributed by atoms with Gasteiger partial charge in [-0.1, -0.05) is 38.4 Å². The number of hydrogen-bond donors (Lipinski definition) is 1. The second kappa shape index (κ2) is 6.21. The van der Waals surface area contributed by atoms with Gasteiger partial charge >= 0.3 is 0 Å². The van der Waals surface area contributed by atoms with Crippen molar-refractivity contribution in [1.82, 2.24) is 5.32 Å². The van der Waals surface area contributed by atoms with Gasteiger partial charge in [-0.2, -0.15) is 0 Å². The summed E-state index contributed by atoms with van der Waals surface area (Å²) in [6, 6.07) is 5.01. The van der Waals surface area contributed by atoms with E-state index in [1.165, 1.54) is 12.1 Å². The van der Waals surface area contributed by atoms with Gasteiger partial charge in [-0.3, -0.25) is 0 Å². The molecule has 0 spiro atoms. The van der Waals surface area contributed by atoms with Crippen LogP contribution in [0.25, 0.3) is 0 Å². The summed E-state index contributed by atoms with van der Waals surface area (Å²) < 4.78 is 12.9. The molecule has 1 rings (SSSR count). The van der Waals surface area contributed by atoms with Crippen LogP contribution in [0.1, 0.15) is 38.7 Å². The molecule has 0 amide bonds. The first kappa shape index (κ1) is 13.5. The Balaban J connectivity index is 2.89. The number of rotatable bonds is 5. The molecule has 0 saturated heterocycles. The summed E-state index contributed by atoms with van der Waals surface area (Å²) >= 11 is 6.06. The second-order valence-electron chi connectivity index (χ2n) is 4.03. The van der Waals surface area contributed by atoms with Crippen molar-refractivity contribution < 1.29 is 4.39 Å². The Morgan fingerprint density at radius 3 is 2.56 bits per heavy atom. The third-order valence-electron chi connectivity index (χ3n) is 2.96. The topological polar surface area (TPSA) is 12.0 Å². The quantitative estimate of drug-likeness (QED) is 0.825. The summed E-state index contributed by atoms with van der Waals surface area (Å²) in [4.78, 5) is 0. The number of nitrogens with one attached hydrogen (secondary N) is 1. The van der Waals surface area contributed by atoms with Gasteiger partial charge in [0.25, 0.3) is 0 Å². The molecule has 0 bridgehead atoms. The van der Waals surface area contributed by atoms with Crippen LogP contribution in [0, 0.1) is 5.82 Å². The third kappa shape index (κ3) is 3.19. The highest BCUT2D eigenvalue weighted by Gasteiger charge is 2.18. The van der Waals surface area contributed by atoms with Crippen LogP contribution in [0.2, 0.25) is 5.02 Å². The predicted molar refractivity (Wildman–Crippen MR) is 67.6 cm³/mol. The zero-order valence-corrected chi connectivity index (χ0v) is 10.8. The molecule has 16 heavy (non-hydrogen) atoms. The molecule has 1 aromatic rings. The fraction of sp³-hybridized carbons (Fsp3) is 0.538. The first-order chi connectivity index (χ1) is 7.60. The van der Waals surface area contributed by atoms with Crippen LogP contribution in [-0.4, -0.2) is 12.6 Å². The Hall–Kier alpha value is -0.600. The maximum atomic E-state index is 12.9. The number of hydrogen-bond acceptors (Lipinski definition) is 1.